The third-order valence-electron chi connectivity index (χ3n) is 2.17. The second kappa shape index (κ2) is 8.20. The van der Waals surface area contributed by atoms with Crippen molar-refractivity contribution < 1.29 is 19.6 Å². The molecule has 0 unspecified atom stereocenters. The molecule has 1 aromatic carbocycles. The number of hydrogen-bond donors (Lipinski definition) is 1. The van der Waals surface area contributed by atoms with Crippen molar-refractivity contribution in [1.82, 2.24) is 4.98 Å². The minimum atomic E-state index is -0.507. The molecule has 7 heteroatoms. The minimum Gasteiger partial charge on any atom is -0.483 e. The van der Waals surface area contributed by atoms with E-state index in [1.54, 1.807) is 0 Å². The van der Waals surface area contributed by atoms with Gasteiger partial charge in [-0.1, -0.05) is 30.3 Å². The first-order valence-corrected chi connectivity index (χ1v) is 5.53. The summed E-state index contributed by atoms with van der Waals surface area (Å²) >= 11 is 0. The van der Waals surface area contributed by atoms with Gasteiger partial charge in [-0.2, -0.15) is 0 Å². The number of ether oxygens (including phenoxy) is 1. The number of hydrogen-bond acceptors (Lipinski definition) is 5. The smallest absolute Gasteiger partial charge is 0.330 e. The Kier molecular flexibility index (Phi) is 6.19. The van der Waals surface area contributed by atoms with Crippen molar-refractivity contribution in [2.24, 2.45) is 0 Å². The summed E-state index contributed by atoms with van der Waals surface area (Å²) in [5.41, 5.74) is 0.816. The third-order valence-corrected chi connectivity index (χ3v) is 2.17. The number of benzene rings is 1. The van der Waals surface area contributed by atoms with Gasteiger partial charge in [-0.25, -0.2) is 4.98 Å². The van der Waals surface area contributed by atoms with Gasteiger partial charge in [0, 0.05) is 12.3 Å². The molecule has 0 aliphatic carbocycles. The summed E-state index contributed by atoms with van der Waals surface area (Å²) in [5, 5.41) is 17.6. The predicted molar refractivity (Wildman–Crippen MR) is 70.4 cm³/mol. The number of carboxylic acid groups (broad SMARTS) is 1. The van der Waals surface area contributed by atoms with E-state index in [9.17, 15) is 10.1 Å². The average molecular weight is 276 g/mol. The second-order valence-electron chi connectivity index (χ2n) is 3.46. The number of rotatable bonds is 4. The summed E-state index contributed by atoms with van der Waals surface area (Å²) in [6.07, 6.45) is 1.47. The highest BCUT2D eigenvalue weighted by Crippen LogP contribution is 2.23. The first-order valence-electron chi connectivity index (χ1n) is 5.53. The van der Waals surface area contributed by atoms with Crippen LogP contribution >= 0.6 is 0 Å². The lowest BCUT2D eigenvalue weighted by atomic mass is 10.2. The van der Waals surface area contributed by atoms with Crippen molar-refractivity contribution >= 4 is 12.2 Å². The lowest BCUT2D eigenvalue weighted by molar-refractivity contribution is -0.386. The van der Waals surface area contributed by atoms with Crippen molar-refractivity contribution in [1.29, 1.82) is 0 Å². The van der Waals surface area contributed by atoms with Gasteiger partial charge in [-0.3, -0.25) is 14.9 Å². The normalized spacial score (nSPS) is 9.00. The number of pyridine rings is 1. The SMILES string of the molecule is O=CO.O=[N+]([O-])c1cccnc1OCc1ccccc1. The zero-order valence-corrected chi connectivity index (χ0v) is 10.4. The molecule has 0 aliphatic heterocycles. The molecule has 2 aromatic rings. The molecule has 0 atom stereocenters. The van der Waals surface area contributed by atoms with E-state index < -0.39 is 4.92 Å². The van der Waals surface area contributed by atoms with E-state index in [0.29, 0.717) is 0 Å². The zero-order valence-electron chi connectivity index (χ0n) is 10.4. The van der Waals surface area contributed by atoms with Gasteiger partial charge in [-0.05, 0) is 11.6 Å². The molecule has 0 bridgehead atoms. The number of aromatic nitrogens is 1. The maximum atomic E-state index is 10.7. The van der Waals surface area contributed by atoms with Crippen LogP contribution in [0, 0.1) is 10.1 Å². The summed E-state index contributed by atoms with van der Waals surface area (Å²) in [7, 11) is 0. The van der Waals surface area contributed by atoms with Crippen molar-refractivity contribution in [3.05, 3.63) is 64.3 Å². The van der Waals surface area contributed by atoms with Crippen LogP contribution < -0.4 is 4.74 Å². The Bertz CT molecular complexity index is 560. The van der Waals surface area contributed by atoms with Gasteiger partial charge in [0.15, 0.2) is 0 Å². The highest BCUT2D eigenvalue weighted by Gasteiger charge is 2.15. The topological polar surface area (TPSA) is 103 Å². The Hall–Kier alpha value is -2.96. The lowest BCUT2D eigenvalue weighted by Crippen LogP contribution is -2.00. The Morgan fingerprint density at radius 3 is 2.50 bits per heavy atom. The molecule has 0 fully saturated rings. The fourth-order valence-corrected chi connectivity index (χ4v) is 1.36. The molecule has 0 aliphatic rings. The van der Waals surface area contributed by atoms with Gasteiger partial charge in [0.25, 0.3) is 12.4 Å². The predicted octanol–water partition coefficient (Wildman–Crippen LogP) is 2.27. The average Bonchev–Trinajstić information content (AvgIpc) is 2.47. The van der Waals surface area contributed by atoms with Gasteiger partial charge in [0.2, 0.25) is 0 Å². The maximum absolute atomic E-state index is 10.7. The van der Waals surface area contributed by atoms with Gasteiger partial charge in [0.05, 0.1) is 4.92 Å². The fourth-order valence-electron chi connectivity index (χ4n) is 1.36. The molecule has 104 valence electrons. The molecule has 20 heavy (non-hydrogen) atoms. The number of nitro groups is 1. The van der Waals surface area contributed by atoms with Crippen LogP contribution in [0.2, 0.25) is 0 Å². The molecular formula is C13H12N2O5. The van der Waals surface area contributed by atoms with Crippen LogP contribution in [-0.2, 0) is 11.4 Å². The Balaban J connectivity index is 0.000000612. The molecule has 1 heterocycles. The Labute approximate surface area is 114 Å². The van der Waals surface area contributed by atoms with E-state index in [1.807, 2.05) is 30.3 Å². The van der Waals surface area contributed by atoms with Crippen molar-refractivity contribution in [3.63, 3.8) is 0 Å². The van der Waals surface area contributed by atoms with E-state index in [-0.39, 0.29) is 24.6 Å². The zero-order chi connectivity index (χ0) is 14.8. The Morgan fingerprint density at radius 1 is 1.25 bits per heavy atom. The quantitative estimate of drug-likeness (QED) is 0.522. The summed E-state index contributed by atoms with van der Waals surface area (Å²) in [4.78, 5) is 22.4. The first-order chi connectivity index (χ1) is 9.69. The number of carbonyl (C=O) groups is 1. The second-order valence-corrected chi connectivity index (χ2v) is 3.46. The first kappa shape index (κ1) is 15.1. The molecule has 0 saturated carbocycles. The summed E-state index contributed by atoms with van der Waals surface area (Å²) in [6.45, 7) is 0.0126. The number of nitrogens with zero attached hydrogens (tertiary/aromatic N) is 2. The van der Waals surface area contributed by atoms with E-state index in [2.05, 4.69) is 4.98 Å². The van der Waals surface area contributed by atoms with E-state index in [1.165, 1.54) is 18.3 Å². The van der Waals surface area contributed by atoms with Crippen LogP contribution in [0.1, 0.15) is 5.56 Å². The van der Waals surface area contributed by atoms with Crippen LogP contribution in [0.5, 0.6) is 5.88 Å². The Morgan fingerprint density at radius 2 is 1.90 bits per heavy atom. The van der Waals surface area contributed by atoms with Crippen molar-refractivity contribution in [2.45, 2.75) is 6.61 Å². The van der Waals surface area contributed by atoms with Crippen LogP contribution in [0.3, 0.4) is 0 Å². The summed E-state index contributed by atoms with van der Waals surface area (Å²) in [6, 6.07) is 12.3. The van der Waals surface area contributed by atoms with Crippen LogP contribution in [-0.4, -0.2) is 21.5 Å². The highest BCUT2D eigenvalue weighted by molar-refractivity contribution is 5.39. The largest absolute Gasteiger partial charge is 0.483 e. The molecule has 0 radical (unpaired) electrons. The molecule has 2 rings (SSSR count). The van der Waals surface area contributed by atoms with Gasteiger partial charge >= 0.3 is 5.69 Å². The molecule has 0 amide bonds. The van der Waals surface area contributed by atoms with Crippen molar-refractivity contribution in [3.8, 4) is 5.88 Å². The molecule has 7 nitrogen and oxygen atoms in total. The fraction of sp³-hybridized carbons (Fsp3) is 0.0769. The lowest BCUT2D eigenvalue weighted by Gasteiger charge is -2.04. The van der Waals surface area contributed by atoms with Gasteiger partial charge in [-0.15, -0.1) is 0 Å². The third kappa shape index (κ3) is 4.73. The van der Waals surface area contributed by atoms with E-state index in [4.69, 9.17) is 14.6 Å². The molecule has 0 saturated heterocycles. The van der Waals surface area contributed by atoms with Crippen LogP contribution in [0.15, 0.2) is 48.7 Å². The highest BCUT2D eigenvalue weighted by atomic mass is 16.6. The van der Waals surface area contributed by atoms with E-state index in [0.717, 1.165) is 5.56 Å². The van der Waals surface area contributed by atoms with Crippen LogP contribution in [0.4, 0.5) is 5.69 Å². The minimum absolute atomic E-state index is 0.0429. The monoisotopic (exact) mass is 276 g/mol. The van der Waals surface area contributed by atoms with Crippen molar-refractivity contribution in [2.75, 3.05) is 0 Å². The maximum Gasteiger partial charge on any atom is 0.330 e. The van der Waals surface area contributed by atoms with E-state index >= 15 is 0 Å². The van der Waals surface area contributed by atoms with Gasteiger partial charge in [0.1, 0.15) is 6.61 Å². The summed E-state index contributed by atoms with van der Waals surface area (Å²) < 4.78 is 5.33. The molecule has 0 spiro atoms. The van der Waals surface area contributed by atoms with Crippen LogP contribution in [0.25, 0.3) is 0 Å². The standard InChI is InChI=1S/C12H10N2O3.CH2O2/c15-14(16)11-7-4-8-13-12(11)17-9-10-5-2-1-3-6-10;2-1-3/h1-8H,9H2;1H,(H,2,3). The molecule has 1 aromatic heterocycles. The van der Waals surface area contributed by atoms with Gasteiger partial charge < -0.3 is 9.84 Å². The molecular weight excluding hydrogens is 264 g/mol. The summed E-state index contributed by atoms with van der Waals surface area (Å²) in [5.74, 6) is 0.0429. The molecule has 1 N–H and O–H groups in total.